The fourth-order valence-corrected chi connectivity index (χ4v) is 4.21. The zero-order chi connectivity index (χ0) is 16.1. The molecule has 0 heterocycles. The van der Waals surface area contributed by atoms with Gasteiger partial charge in [-0.3, -0.25) is 0 Å². The highest BCUT2D eigenvalue weighted by Crippen LogP contribution is 2.45. The van der Waals surface area contributed by atoms with Crippen LogP contribution in [0.25, 0.3) is 0 Å². The molecule has 0 radical (unpaired) electrons. The van der Waals surface area contributed by atoms with Gasteiger partial charge in [0.25, 0.3) is 0 Å². The molecule has 0 bridgehead atoms. The maximum atomic E-state index is 12.9. The second-order valence-electron chi connectivity index (χ2n) is 6.30. The van der Waals surface area contributed by atoms with Crippen LogP contribution in [0.15, 0.2) is 23.1 Å². The number of halogens is 3. The van der Waals surface area contributed by atoms with Crippen molar-refractivity contribution in [3.8, 4) is 0 Å². The third-order valence-electron chi connectivity index (χ3n) is 4.38. The first kappa shape index (κ1) is 15.8. The van der Waals surface area contributed by atoms with E-state index in [2.05, 4.69) is 4.72 Å². The number of alkyl halides is 3. The summed E-state index contributed by atoms with van der Waals surface area (Å²) in [5.74, 6) is 0.685. The molecule has 3 nitrogen and oxygen atoms in total. The lowest BCUT2D eigenvalue weighted by Gasteiger charge is -2.19. The normalized spacial score (nSPS) is 19.7. The number of nitrogens with one attached hydrogen (secondary N) is 1. The molecule has 2 fully saturated rings. The van der Waals surface area contributed by atoms with E-state index in [1.54, 1.807) is 0 Å². The Hall–Kier alpha value is -1.08. The topological polar surface area (TPSA) is 46.2 Å². The standard InChI is InChI=1S/C15H18F3NO2S/c1-9-2-7-12(8-13(9)15(16,17)18)22(20,21)19-14(10-3-4-10)11-5-6-11/h2,7-8,10-11,14,19H,3-6H2,1H3. The van der Waals surface area contributed by atoms with Crippen LogP contribution in [-0.4, -0.2) is 14.5 Å². The number of hydrogen-bond donors (Lipinski definition) is 1. The summed E-state index contributed by atoms with van der Waals surface area (Å²) in [5, 5.41) is 0. The van der Waals surface area contributed by atoms with Crippen LogP contribution in [0.3, 0.4) is 0 Å². The highest BCUT2D eigenvalue weighted by Gasteiger charge is 2.43. The fourth-order valence-electron chi connectivity index (χ4n) is 2.81. The summed E-state index contributed by atoms with van der Waals surface area (Å²) in [6.45, 7) is 1.32. The van der Waals surface area contributed by atoms with Crippen molar-refractivity contribution < 1.29 is 21.6 Å². The van der Waals surface area contributed by atoms with E-state index in [0.717, 1.165) is 31.7 Å². The summed E-state index contributed by atoms with van der Waals surface area (Å²) in [4.78, 5) is -0.309. The molecular weight excluding hydrogens is 315 g/mol. The van der Waals surface area contributed by atoms with Gasteiger partial charge in [0.05, 0.1) is 10.5 Å². The van der Waals surface area contributed by atoms with E-state index in [1.165, 1.54) is 19.1 Å². The second kappa shape index (κ2) is 5.23. The van der Waals surface area contributed by atoms with Crippen molar-refractivity contribution in [2.24, 2.45) is 11.8 Å². The minimum atomic E-state index is -4.55. The van der Waals surface area contributed by atoms with Crippen LogP contribution in [0.5, 0.6) is 0 Å². The van der Waals surface area contributed by atoms with Crippen molar-refractivity contribution in [2.75, 3.05) is 0 Å². The number of hydrogen-bond acceptors (Lipinski definition) is 2. The first-order chi connectivity index (χ1) is 10.2. The molecule has 0 aromatic heterocycles. The monoisotopic (exact) mass is 333 g/mol. The third-order valence-corrected chi connectivity index (χ3v) is 5.83. The summed E-state index contributed by atoms with van der Waals surface area (Å²) >= 11 is 0. The van der Waals surface area contributed by atoms with Crippen LogP contribution in [0.2, 0.25) is 0 Å². The number of benzene rings is 1. The van der Waals surface area contributed by atoms with Gasteiger partial charge >= 0.3 is 6.18 Å². The first-order valence-electron chi connectivity index (χ1n) is 7.38. The summed E-state index contributed by atoms with van der Waals surface area (Å²) < 4.78 is 66.3. The molecule has 0 amide bonds. The Bertz CT molecular complexity index is 665. The van der Waals surface area contributed by atoms with E-state index in [4.69, 9.17) is 0 Å². The molecular formula is C15H18F3NO2S. The molecule has 0 unspecified atom stereocenters. The molecule has 22 heavy (non-hydrogen) atoms. The molecule has 0 spiro atoms. The average Bonchev–Trinajstić information content (AvgIpc) is 3.26. The number of aryl methyl sites for hydroxylation is 1. The Morgan fingerprint density at radius 2 is 1.68 bits per heavy atom. The summed E-state index contributed by atoms with van der Waals surface area (Å²) in [6, 6.07) is 3.06. The van der Waals surface area contributed by atoms with Crippen molar-refractivity contribution in [3.63, 3.8) is 0 Å². The molecule has 1 N–H and O–H groups in total. The van der Waals surface area contributed by atoms with Gasteiger partial charge in [-0.1, -0.05) is 6.07 Å². The maximum Gasteiger partial charge on any atom is 0.416 e. The van der Waals surface area contributed by atoms with Crippen LogP contribution in [0.1, 0.15) is 36.8 Å². The zero-order valence-electron chi connectivity index (χ0n) is 12.2. The van der Waals surface area contributed by atoms with Gasteiger partial charge in [-0.25, -0.2) is 13.1 Å². The Labute approximate surface area is 128 Å². The van der Waals surface area contributed by atoms with Crippen molar-refractivity contribution in [1.82, 2.24) is 4.72 Å². The van der Waals surface area contributed by atoms with Gasteiger partial charge in [0.2, 0.25) is 10.0 Å². The first-order valence-corrected chi connectivity index (χ1v) is 8.87. The van der Waals surface area contributed by atoms with Crippen LogP contribution in [-0.2, 0) is 16.2 Å². The highest BCUT2D eigenvalue weighted by molar-refractivity contribution is 7.89. The SMILES string of the molecule is Cc1ccc(S(=O)(=O)NC(C2CC2)C2CC2)cc1C(F)(F)F. The molecule has 2 aliphatic rings. The lowest BCUT2D eigenvalue weighted by Crippen LogP contribution is -2.38. The Balaban J connectivity index is 1.88. The molecule has 1 aromatic carbocycles. The summed E-state index contributed by atoms with van der Waals surface area (Å²) in [6.07, 6.45) is -0.588. The Kier molecular flexibility index (Phi) is 3.76. The molecule has 0 aliphatic heterocycles. The van der Waals surface area contributed by atoms with Gasteiger partial charge in [0, 0.05) is 6.04 Å². The van der Waals surface area contributed by atoms with Crippen LogP contribution >= 0.6 is 0 Å². The van der Waals surface area contributed by atoms with Gasteiger partial charge < -0.3 is 0 Å². The quantitative estimate of drug-likeness (QED) is 0.897. The zero-order valence-corrected chi connectivity index (χ0v) is 13.0. The van der Waals surface area contributed by atoms with E-state index in [-0.39, 0.29) is 16.5 Å². The number of rotatable bonds is 5. The molecule has 122 valence electrons. The summed E-state index contributed by atoms with van der Waals surface area (Å²) in [7, 11) is -3.92. The largest absolute Gasteiger partial charge is 0.416 e. The molecule has 1 aromatic rings. The molecule has 0 saturated heterocycles. The highest BCUT2D eigenvalue weighted by atomic mass is 32.2. The van der Waals surface area contributed by atoms with Crippen LogP contribution in [0.4, 0.5) is 13.2 Å². The van der Waals surface area contributed by atoms with Crippen LogP contribution in [0, 0.1) is 18.8 Å². The van der Waals surface area contributed by atoms with Crippen molar-refractivity contribution in [2.45, 2.75) is 49.7 Å². The lowest BCUT2D eigenvalue weighted by molar-refractivity contribution is -0.138. The van der Waals surface area contributed by atoms with Crippen molar-refractivity contribution >= 4 is 10.0 Å². The predicted molar refractivity (Wildman–Crippen MR) is 75.7 cm³/mol. The van der Waals surface area contributed by atoms with Gasteiger partial charge in [0.15, 0.2) is 0 Å². The molecule has 2 saturated carbocycles. The third kappa shape index (κ3) is 3.30. The Morgan fingerprint density at radius 3 is 2.14 bits per heavy atom. The van der Waals surface area contributed by atoms with Gasteiger partial charge in [0.1, 0.15) is 0 Å². The average molecular weight is 333 g/mol. The molecule has 3 rings (SSSR count). The maximum absolute atomic E-state index is 12.9. The van der Waals surface area contributed by atoms with Crippen molar-refractivity contribution in [3.05, 3.63) is 29.3 Å². The van der Waals surface area contributed by atoms with E-state index >= 15 is 0 Å². The second-order valence-corrected chi connectivity index (χ2v) is 8.01. The Morgan fingerprint density at radius 1 is 1.14 bits per heavy atom. The van der Waals surface area contributed by atoms with E-state index in [1.807, 2.05) is 0 Å². The minimum absolute atomic E-state index is 0.0207. The molecule has 2 aliphatic carbocycles. The van der Waals surface area contributed by atoms with Gasteiger partial charge in [-0.15, -0.1) is 0 Å². The van der Waals surface area contributed by atoms with Gasteiger partial charge in [-0.2, -0.15) is 13.2 Å². The molecule has 7 heteroatoms. The van der Waals surface area contributed by atoms with Crippen molar-refractivity contribution in [1.29, 1.82) is 0 Å². The smallest absolute Gasteiger partial charge is 0.208 e. The van der Waals surface area contributed by atoms with E-state index in [0.29, 0.717) is 11.8 Å². The number of sulfonamides is 1. The van der Waals surface area contributed by atoms with E-state index < -0.39 is 21.8 Å². The minimum Gasteiger partial charge on any atom is -0.208 e. The summed E-state index contributed by atoms with van der Waals surface area (Å²) in [5.41, 5.74) is -0.878. The van der Waals surface area contributed by atoms with Gasteiger partial charge in [-0.05, 0) is 62.1 Å². The lowest BCUT2D eigenvalue weighted by atomic mass is 10.1. The van der Waals surface area contributed by atoms with E-state index in [9.17, 15) is 21.6 Å². The molecule has 0 atom stereocenters. The van der Waals surface area contributed by atoms with Crippen LogP contribution < -0.4 is 4.72 Å². The predicted octanol–water partition coefficient (Wildman–Crippen LogP) is 3.48. The fraction of sp³-hybridized carbons (Fsp3) is 0.600.